The van der Waals surface area contributed by atoms with Gasteiger partial charge in [-0.15, -0.1) is 0 Å². The topological polar surface area (TPSA) is 29.3 Å². The third-order valence-corrected chi connectivity index (χ3v) is 4.21. The number of hydrogen-bond donors (Lipinski definition) is 0. The normalized spacial score (nSPS) is 20.8. The summed E-state index contributed by atoms with van der Waals surface area (Å²) in [5, 5.41) is 0. The van der Waals surface area contributed by atoms with Gasteiger partial charge in [0.1, 0.15) is 0 Å². The summed E-state index contributed by atoms with van der Waals surface area (Å²) in [4.78, 5) is 11.5. The minimum atomic E-state index is -0.204. The number of fused-ring (bicyclic) bond motifs is 1. The van der Waals surface area contributed by atoms with E-state index in [9.17, 15) is 4.79 Å². The van der Waals surface area contributed by atoms with Crippen molar-refractivity contribution in [2.75, 3.05) is 13.7 Å². The Morgan fingerprint density at radius 1 is 1.37 bits per heavy atom. The van der Waals surface area contributed by atoms with Crippen LogP contribution in [0.1, 0.15) is 32.8 Å². The van der Waals surface area contributed by atoms with Gasteiger partial charge >= 0.3 is 5.97 Å². The highest BCUT2D eigenvalue weighted by Crippen LogP contribution is 2.41. The van der Waals surface area contributed by atoms with Gasteiger partial charge < -0.3 is 21.7 Å². The number of hydrogen-bond acceptors (Lipinski definition) is 2. The lowest BCUT2D eigenvalue weighted by atomic mass is 9.78. The van der Waals surface area contributed by atoms with Gasteiger partial charge in [-0.2, -0.15) is 4.58 Å². The fourth-order valence-corrected chi connectivity index (χ4v) is 2.69. The molecule has 2 rings (SSSR count). The molecule has 0 fully saturated rings. The molecule has 104 valence electrons. The molecule has 1 aliphatic rings. The first kappa shape index (κ1) is 15.9. The molecule has 0 bridgehead atoms. The predicted molar refractivity (Wildman–Crippen MR) is 71.6 cm³/mol. The van der Waals surface area contributed by atoms with E-state index >= 15 is 0 Å². The summed E-state index contributed by atoms with van der Waals surface area (Å²) in [5.74, 6) is -0.204. The van der Waals surface area contributed by atoms with Crippen LogP contribution in [-0.2, 0) is 14.9 Å². The van der Waals surface area contributed by atoms with Gasteiger partial charge in [-0.1, -0.05) is 25.1 Å². The largest absolute Gasteiger partial charge is 1.00 e. The third kappa shape index (κ3) is 2.46. The Morgan fingerprint density at radius 2 is 2.00 bits per heavy atom. The molecule has 0 N–H and O–H groups in total. The summed E-state index contributed by atoms with van der Waals surface area (Å²) in [6, 6.07) is 8.29. The molecule has 1 atom stereocenters. The number of carbonyl (C=O) groups is 1. The zero-order valence-electron chi connectivity index (χ0n) is 11.9. The minimum absolute atomic E-state index is 0. The molecular formula is C15H20BrNO2. The summed E-state index contributed by atoms with van der Waals surface area (Å²) < 4.78 is 6.86. The van der Waals surface area contributed by atoms with Crippen molar-refractivity contribution < 1.29 is 31.1 Å². The van der Waals surface area contributed by atoms with Crippen LogP contribution >= 0.6 is 0 Å². The highest BCUT2D eigenvalue weighted by molar-refractivity contribution is 5.94. The summed E-state index contributed by atoms with van der Waals surface area (Å²) in [6.07, 6.45) is 1.02. The number of methoxy groups -OCH3 is 1. The number of halogens is 1. The molecule has 1 aromatic carbocycles. The van der Waals surface area contributed by atoms with Gasteiger partial charge in [-0.05, 0) is 13.3 Å². The van der Waals surface area contributed by atoms with Crippen LogP contribution < -0.4 is 17.0 Å². The molecule has 0 saturated heterocycles. The Balaban J connectivity index is 0.00000180. The lowest BCUT2D eigenvalue weighted by molar-refractivity contribution is -0.429. The molecule has 1 heterocycles. The molecular weight excluding hydrogens is 306 g/mol. The average molecular weight is 326 g/mol. The fraction of sp³-hybridized carbons (Fsp3) is 0.467. The van der Waals surface area contributed by atoms with E-state index in [0.717, 1.165) is 12.1 Å². The van der Waals surface area contributed by atoms with E-state index in [1.165, 1.54) is 18.4 Å². The molecule has 1 unspecified atom stereocenters. The van der Waals surface area contributed by atoms with Crippen LogP contribution in [0.5, 0.6) is 0 Å². The molecule has 0 spiro atoms. The molecule has 0 radical (unpaired) electrons. The standard InChI is InChI=1S/C15H20NO2.BrH/c1-5-15(3)11(2)16(10-14(17)18-4)13-9-7-6-8-12(13)15;/h6-9H,5,10H2,1-4H3;1H/q+1;/p-1. The highest BCUT2D eigenvalue weighted by atomic mass is 79.9. The van der Waals surface area contributed by atoms with E-state index in [1.807, 2.05) is 6.07 Å². The first-order valence-electron chi connectivity index (χ1n) is 6.32. The Bertz CT molecular complexity index is 525. The van der Waals surface area contributed by atoms with Crippen molar-refractivity contribution in [3.05, 3.63) is 29.8 Å². The monoisotopic (exact) mass is 325 g/mol. The Hall–Kier alpha value is -1.16. The molecule has 0 saturated carbocycles. The maximum absolute atomic E-state index is 11.5. The second-order valence-corrected chi connectivity index (χ2v) is 4.95. The lowest BCUT2D eigenvalue weighted by Gasteiger charge is -2.19. The van der Waals surface area contributed by atoms with Crippen LogP contribution in [0.2, 0.25) is 0 Å². The zero-order valence-corrected chi connectivity index (χ0v) is 13.5. The van der Waals surface area contributed by atoms with E-state index < -0.39 is 0 Å². The van der Waals surface area contributed by atoms with Crippen molar-refractivity contribution >= 4 is 17.4 Å². The first-order valence-corrected chi connectivity index (χ1v) is 6.32. The summed E-state index contributed by atoms with van der Waals surface area (Å²) >= 11 is 0. The molecule has 0 aliphatic carbocycles. The minimum Gasteiger partial charge on any atom is -1.00 e. The Kier molecular flexibility index (Phi) is 4.91. The van der Waals surface area contributed by atoms with Crippen molar-refractivity contribution in [1.82, 2.24) is 0 Å². The van der Waals surface area contributed by atoms with E-state index in [2.05, 4.69) is 43.5 Å². The summed E-state index contributed by atoms with van der Waals surface area (Å²) in [7, 11) is 1.43. The SMILES string of the molecule is CCC1(C)C(C)=[N+](CC(=O)OC)c2ccccc21.[Br-]. The van der Waals surface area contributed by atoms with Crippen molar-refractivity contribution in [3.8, 4) is 0 Å². The van der Waals surface area contributed by atoms with Crippen molar-refractivity contribution in [3.63, 3.8) is 0 Å². The number of nitrogens with zero attached hydrogens (tertiary/aromatic N) is 1. The molecule has 0 amide bonds. The molecule has 4 heteroatoms. The smallest absolute Gasteiger partial charge is 0.372 e. The second-order valence-electron chi connectivity index (χ2n) is 4.95. The van der Waals surface area contributed by atoms with Crippen LogP contribution in [0.25, 0.3) is 0 Å². The van der Waals surface area contributed by atoms with Gasteiger partial charge in [0.15, 0.2) is 5.71 Å². The third-order valence-electron chi connectivity index (χ3n) is 4.21. The number of carbonyl (C=O) groups excluding carboxylic acids is 1. The quantitative estimate of drug-likeness (QED) is 0.561. The summed E-state index contributed by atoms with van der Waals surface area (Å²) in [5.41, 5.74) is 3.67. The van der Waals surface area contributed by atoms with Gasteiger partial charge in [-0.25, -0.2) is 4.79 Å². The van der Waals surface area contributed by atoms with E-state index in [4.69, 9.17) is 4.74 Å². The number of benzene rings is 1. The average Bonchev–Trinajstić information content (AvgIpc) is 2.62. The van der Waals surface area contributed by atoms with Gasteiger partial charge in [0.2, 0.25) is 12.2 Å². The maximum Gasteiger partial charge on any atom is 0.372 e. The lowest BCUT2D eigenvalue weighted by Crippen LogP contribution is -3.00. The molecule has 3 nitrogen and oxygen atoms in total. The number of para-hydroxylation sites is 1. The molecule has 0 aromatic heterocycles. The fourth-order valence-electron chi connectivity index (χ4n) is 2.69. The van der Waals surface area contributed by atoms with E-state index in [-0.39, 0.29) is 34.9 Å². The van der Waals surface area contributed by atoms with Gasteiger partial charge in [0.05, 0.1) is 12.5 Å². The molecule has 1 aromatic rings. The van der Waals surface area contributed by atoms with Crippen molar-refractivity contribution in [1.29, 1.82) is 0 Å². The van der Waals surface area contributed by atoms with Crippen LogP contribution in [0.3, 0.4) is 0 Å². The summed E-state index contributed by atoms with van der Waals surface area (Å²) in [6.45, 7) is 6.81. The second kappa shape index (κ2) is 5.87. The molecule has 19 heavy (non-hydrogen) atoms. The van der Waals surface area contributed by atoms with Gasteiger partial charge in [0, 0.05) is 18.6 Å². The highest BCUT2D eigenvalue weighted by Gasteiger charge is 2.45. The number of esters is 1. The predicted octanol–water partition coefficient (Wildman–Crippen LogP) is -0.350. The van der Waals surface area contributed by atoms with Gasteiger partial charge in [0.25, 0.3) is 0 Å². The van der Waals surface area contributed by atoms with Gasteiger partial charge in [-0.3, -0.25) is 0 Å². The maximum atomic E-state index is 11.5. The first-order chi connectivity index (χ1) is 8.54. The van der Waals surface area contributed by atoms with E-state index in [0.29, 0.717) is 0 Å². The van der Waals surface area contributed by atoms with Crippen LogP contribution in [0.4, 0.5) is 5.69 Å². The zero-order chi connectivity index (χ0) is 13.3. The van der Waals surface area contributed by atoms with E-state index in [1.54, 1.807) is 0 Å². The number of ether oxygens (including phenoxy) is 1. The van der Waals surface area contributed by atoms with Crippen LogP contribution in [0.15, 0.2) is 24.3 Å². The van der Waals surface area contributed by atoms with Crippen LogP contribution in [-0.4, -0.2) is 29.9 Å². The Morgan fingerprint density at radius 3 is 2.58 bits per heavy atom. The van der Waals surface area contributed by atoms with Crippen molar-refractivity contribution in [2.24, 2.45) is 0 Å². The van der Waals surface area contributed by atoms with Crippen molar-refractivity contribution in [2.45, 2.75) is 32.6 Å². The Labute approximate surface area is 125 Å². The molecule has 1 aliphatic heterocycles. The van der Waals surface area contributed by atoms with Crippen LogP contribution in [0, 0.1) is 0 Å². The number of rotatable bonds is 3.